The summed E-state index contributed by atoms with van der Waals surface area (Å²) in [7, 11) is 0. The lowest BCUT2D eigenvalue weighted by molar-refractivity contribution is 0.0950. The zero-order valence-electron chi connectivity index (χ0n) is 11.1. The molecule has 3 aromatic rings. The number of nitrogens with zero attached hydrogens (tertiary/aromatic N) is 1. The van der Waals surface area contributed by atoms with Gasteiger partial charge in [0.1, 0.15) is 11.5 Å². The third-order valence-electron chi connectivity index (χ3n) is 3.14. The van der Waals surface area contributed by atoms with Gasteiger partial charge in [0.05, 0.1) is 5.52 Å². The molecule has 2 aromatic heterocycles. The Balaban J connectivity index is 1.64. The van der Waals surface area contributed by atoms with Gasteiger partial charge in [0, 0.05) is 18.4 Å². The highest BCUT2D eigenvalue weighted by Gasteiger charge is 2.13. The van der Waals surface area contributed by atoms with Crippen molar-refractivity contribution in [1.29, 1.82) is 0 Å². The van der Waals surface area contributed by atoms with Gasteiger partial charge >= 0.3 is 0 Å². The van der Waals surface area contributed by atoms with Crippen LogP contribution in [-0.4, -0.2) is 22.6 Å². The van der Waals surface area contributed by atoms with E-state index in [0.29, 0.717) is 18.7 Å². The minimum absolute atomic E-state index is 0.175. The molecule has 5 heteroatoms. The van der Waals surface area contributed by atoms with Crippen LogP contribution in [-0.2, 0) is 6.42 Å². The molecule has 2 heterocycles. The Morgan fingerprint density at radius 2 is 2.15 bits per heavy atom. The van der Waals surface area contributed by atoms with Crippen LogP contribution in [0.3, 0.4) is 0 Å². The van der Waals surface area contributed by atoms with Crippen molar-refractivity contribution >= 4 is 16.8 Å². The van der Waals surface area contributed by atoms with Gasteiger partial charge in [-0.05, 0) is 25.1 Å². The summed E-state index contributed by atoms with van der Waals surface area (Å²) in [4.78, 5) is 12.1. The van der Waals surface area contributed by atoms with Gasteiger partial charge in [-0.1, -0.05) is 18.2 Å². The smallest absolute Gasteiger partial charge is 0.272 e. The average Bonchev–Trinajstić information content (AvgIpc) is 3.05. The van der Waals surface area contributed by atoms with Gasteiger partial charge < -0.3 is 9.73 Å². The SMILES string of the molecule is Cc1ccc(CCNC(=O)c2n[nH]c3ccccc23)o1. The maximum atomic E-state index is 12.1. The van der Waals surface area contributed by atoms with Gasteiger partial charge in [-0.2, -0.15) is 5.10 Å². The molecule has 3 rings (SSSR count). The number of para-hydroxylation sites is 1. The summed E-state index contributed by atoms with van der Waals surface area (Å²) < 4.78 is 5.45. The second kappa shape index (κ2) is 5.21. The van der Waals surface area contributed by atoms with E-state index < -0.39 is 0 Å². The summed E-state index contributed by atoms with van der Waals surface area (Å²) in [5.74, 6) is 1.57. The molecule has 0 atom stereocenters. The van der Waals surface area contributed by atoms with Crippen LogP contribution in [0.15, 0.2) is 40.8 Å². The first-order valence-corrected chi connectivity index (χ1v) is 6.50. The maximum Gasteiger partial charge on any atom is 0.272 e. The molecule has 5 nitrogen and oxygen atoms in total. The van der Waals surface area contributed by atoms with E-state index in [1.807, 2.05) is 43.3 Å². The van der Waals surface area contributed by atoms with E-state index in [4.69, 9.17) is 4.42 Å². The number of carbonyl (C=O) groups is 1. The molecule has 102 valence electrons. The number of hydrogen-bond donors (Lipinski definition) is 2. The summed E-state index contributed by atoms with van der Waals surface area (Å²) in [6, 6.07) is 11.4. The Morgan fingerprint density at radius 3 is 2.95 bits per heavy atom. The number of benzene rings is 1. The summed E-state index contributed by atoms with van der Waals surface area (Å²) in [6.07, 6.45) is 0.669. The first-order valence-electron chi connectivity index (χ1n) is 6.50. The number of aromatic amines is 1. The van der Waals surface area contributed by atoms with Gasteiger partial charge in [0.2, 0.25) is 0 Å². The predicted molar refractivity (Wildman–Crippen MR) is 75.6 cm³/mol. The number of rotatable bonds is 4. The highest BCUT2D eigenvalue weighted by molar-refractivity contribution is 6.04. The fourth-order valence-corrected chi connectivity index (χ4v) is 2.14. The van der Waals surface area contributed by atoms with Crippen molar-refractivity contribution in [2.45, 2.75) is 13.3 Å². The van der Waals surface area contributed by atoms with E-state index in [-0.39, 0.29) is 5.91 Å². The van der Waals surface area contributed by atoms with E-state index in [9.17, 15) is 4.79 Å². The number of nitrogens with one attached hydrogen (secondary N) is 2. The Bertz CT molecular complexity index is 742. The largest absolute Gasteiger partial charge is 0.466 e. The first kappa shape index (κ1) is 12.5. The van der Waals surface area contributed by atoms with Crippen LogP contribution in [0.2, 0.25) is 0 Å². The zero-order chi connectivity index (χ0) is 13.9. The van der Waals surface area contributed by atoms with Crippen LogP contribution < -0.4 is 5.32 Å². The molecule has 0 bridgehead atoms. The third kappa shape index (κ3) is 2.42. The molecule has 1 aromatic carbocycles. The number of amides is 1. The minimum Gasteiger partial charge on any atom is -0.466 e. The highest BCUT2D eigenvalue weighted by Crippen LogP contribution is 2.14. The third-order valence-corrected chi connectivity index (χ3v) is 3.14. The van der Waals surface area contributed by atoms with Crippen molar-refractivity contribution in [1.82, 2.24) is 15.5 Å². The number of carbonyl (C=O) groups excluding carboxylic acids is 1. The van der Waals surface area contributed by atoms with Crippen molar-refractivity contribution in [3.63, 3.8) is 0 Å². The molecule has 0 aliphatic rings. The lowest BCUT2D eigenvalue weighted by Crippen LogP contribution is -2.26. The minimum atomic E-state index is -0.175. The van der Waals surface area contributed by atoms with E-state index >= 15 is 0 Å². The fraction of sp³-hybridized carbons (Fsp3) is 0.200. The molecular weight excluding hydrogens is 254 g/mol. The van der Waals surface area contributed by atoms with Gasteiger partial charge in [0.15, 0.2) is 5.69 Å². The molecule has 0 fully saturated rings. The van der Waals surface area contributed by atoms with E-state index in [1.165, 1.54) is 0 Å². The second-order valence-electron chi connectivity index (χ2n) is 4.64. The highest BCUT2D eigenvalue weighted by atomic mass is 16.3. The second-order valence-corrected chi connectivity index (χ2v) is 4.64. The number of H-pyrrole nitrogens is 1. The van der Waals surface area contributed by atoms with Crippen LogP contribution in [0, 0.1) is 6.92 Å². The molecule has 0 spiro atoms. The molecule has 0 saturated heterocycles. The lowest BCUT2D eigenvalue weighted by atomic mass is 10.2. The Kier molecular flexibility index (Phi) is 3.25. The van der Waals surface area contributed by atoms with Gasteiger partial charge in [-0.25, -0.2) is 0 Å². The number of aromatic nitrogens is 2. The molecule has 0 aliphatic carbocycles. The molecule has 1 amide bonds. The number of hydrogen-bond acceptors (Lipinski definition) is 3. The molecule has 0 aliphatic heterocycles. The first-order chi connectivity index (χ1) is 9.74. The zero-order valence-corrected chi connectivity index (χ0v) is 11.1. The normalized spacial score (nSPS) is 10.8. The van der Waals surface area contributed by atoms with E-state index in [1.54, 1.807) is 0 Å². The summed E-state index contributed by atoms with van der Waals surface area (Å²) in [6.45, 7) is 2.42. The van der Waals surface area contributed by atoms with Crippen LogP contribution in [0.5, 0.6) is 0 Å². The number of fused-ring (bicyclic) bond motifs is 1. The summed E-state index contributed by atoms with van der Waals surface area (Å²) >= 11 is 0. The molecule has 20 heavy (non-hydrogen) atoms. The van der Waals surface area contributed by atoms with Crippen LogP contribution in [0.4, 0.5) is 0 Å². The van der Waals surface area contributed by atoms with E-state index in [2.05, 4.69) is 15.5 Å². The Hall–Kier alpha value is -2.56. The van der Waals surface area contributed by atoms with Crippen molar-refractivity contribution in [2.24, 2.45) is 0 Å². The molecule has 0 radical (unpaired) electrons. The van der Waals surface area contributed by atoms with Gasteiger partial charge in [-0.3, -0.25) is 9.89 Å². The summed E-state index contributed by atoms with van der Waals surface area (Å²) in [5.41, 5.74) is 1.29. The topological polar surface area (TPSA) is 70.9 Å². The lowest BCUT2D eigenvalue weighted by Gasteiger charge is -2.01. The Labute approximate surface area is 116 Å². The van der Waals surface area contributed by atoms with Crippen molar-refractivity contribution < 1.29 is 9.21 Å². The van der Waals surface area contributed by atoms with Crippen LogP contribution >= 0.6 is 0 Å². The Morgan fingerprint density at radius 1 is 1.30 bits per heavy atom. The van der Waals surface area contributed by atoms with E-state index in [0.717, 1.165) is 22.4 Å². The molecule has 2 N–H and O–H groups in total. The van der Waals surface area contributed by atoms with Gasteiger partial charge in [0.25, 0.3) is 5.91 Å². The molecular formula is C15H15N3O2. The van der Waals surface area contributed by atoms with Crippen molar-refractivity contribution in [2.75, 3.05) is 6.54 Å². The average molecular weight is 269 g/mol. The standard InChI is InChI=1S/C15H15N3O2/c1-10-6-7-11(20-10)8-9-16-15(19)14-12-4-2-3-5-13(12)17-18-14/h2-7H,8-9H2,1H3,(H,16,19)(H,17,18). The quantitative estimate of drug-likeness (QED) is 0.764. The number of aryl methyl sites for hydroxylation is 1. The maximum absolute atomic E-state index is 12.1. The predicted octanol–water partition coefficient (Wildman–Crippen LogP) is 2.44. The molecule has 0 unspecified atom stereocenters. The summed E-state index contributed by atoms with van der Waals surface area (Å²) in [5, 5.41) is 10.6. The fourth-order valence-electron chi connectivity index (χ4n) is 2.14. The molecule has 0 saturated carbocycles. The number of furan rings is 1. The van der Waals surface area contributed by atoms with Gasteiger partial charge in [-0.15, -0.1) is 0 Å². The van der Waals surface area contributed by atoms with Crippen LogP contribution in [0.25, 0.3) is 10.9 Å². The van der Waals surface area contributed by atoms with Crippen molar-refractivity contribution in [3.05, 3.63) is 53.6 Å². The van der Waals surface area contributed by atoms with Crippen molar-refractivity contribution in [3.8, 4) is 0 Å². The monoisotopic (exact) mass is 269 g/mol. The van der Waals surface area contributed by atoms with Crippen LogP contribution in [0.1, 0.15) is 22.0 Å².